The highest BCUT2D eigenvalue weighted by atomic mass is 19.4. The lowest BCUT2D eigenvalue weighted by Gasteiger charge is -2.35. The summed E-state index contributed by atoms with van der Waals surface area (Å²) in [6.07, 6.45) is -5.15. The molecule has 0 amide bonds. The second-order valence-corrected chi connectivity index (χ2v) is 6.25. The fourth-order valence-electron chi connectivity index (χ4n) is 2.75. The van der Waals surface area contributed by atoms with Gasteiger partial charge in [-0.2, -0.15) is 13.2 Å². The maximum atomic E-state index is 14.2. The number of hydrogen-bond donors (Lipinski definition) is 3. The first-order valence-electron chi connectivity index (χ1n) is 8.17. The molecule has 0 aromatic heterocycles. The minimum absolute atomic E-state index is 0.0420. The zero-order valence-electron chi connectivity index (χ0n) is 15.6. The van der Waals surface area contributed by atoms with E-state index in [1.54, 1.807) is 0 Å². The number of hydrazine groups is 1. The summed E-state index contributed by atoms with van der Waals surface area (Å²) in [7, 11) is 0.816. The summed E-state index contributed by atoms with van der Waals surface area (Å²) in [6, 6.07) is 6.58. The van der Waals surface area contributed by atoms with Crippen LogP contribution in [0.5, 0.6) is 5.75 Å². The van der Waals surface area contributed by atoms with Crippen LogP contribution in [0.4, 0.5) is 24.5 Å². The van der Waals surface area contributed by atoms with Crippen LogP contribution in [0.25, 0.3) is 0 Å². The van der Waals surface area contributed by atoms with Crippen LogP contribution in [0.1, 0.15) is 16.7 Å². The molecule has 0 fully saturated rings. The third-order valence-corrected chi connectivity index (χ3v) is 4.31. The number of anilines is 1. The van der Waals surface area contributed by atoms with Crippen molar-refractivity contribution < 1.29 is 32.7 Å². The van der Waals surface area contributed by atoms with Crippen LogP contribution in [0.3, 0.4) is 0 Å². The van der Waals surface area contributed by atoms with E-state index in [0.717, 1.165) is 31.4 Å². The van der Waals surface area contributed by atoms with Crippen LogP contribution in [0.2, 0.25) is 0 Å². The van der Waals surface area contributed by atoms with Crippen LogP contribution in [-0.2, 0) is 15.1 Å². The van der Waals surface area contributed by atoms with E-state index in [9.17, 15) is 33.2 Å². The summed E-state index contributed by atoms with van der Waals surface area (Å²) in [5.41, 5.74) is 0.490. The van der Waals surface area contributed by atoms with Crippen molar-refractivity contribution in [3.63, 3.8) is 0 Å². The number of carbonyl (C=O) groups is 1. The Morgan fingerprint density at radius 2 is 1.66 bits per heavy atom. The van der Waals surface area contributed by atoms with E-state index < -0.39 is 28.2 Å². The lowest BCUT2D eigenvalue weighted by molar-refractivity contribution is -0.384. The van der Waals surface area contributed by atoms with Gasteiger partial charge in [-0.3, -0.25) is 10.1 Å². The number of halogens is 3. The lowest BCUT2D eigenvalue weighted by atomic mass is 9.87. The number of aryl methyl sites for hydroxylation is 2. The van der Waals surface area contributed by atoms with Crippen molar-refractivity contribution in [1.29, 1.82) is 0 Å². The van der Waals surface area contributed by atoms with Gasteiger partial charge in [-0.05, 0) is 54.8 Å². The average Bonchev–Trinajstić information content (AvgIpc) is 2.65. The minimum atomic E-state index is -5.15. The highest BCUT2D eigenvalue weighted by Crippen LogP contribution is 2.42. The summed E-state index contributed by atoms with van der Waals surface area (Å²) in [4.78, 5) is 22.4. The number of methoxy groups -OCH3 is 1. The number of non-ortho nitro benzene ring substituents is 1. The van der Waals surface area contributed by atoms with E-state index in [2.05, 4.69) is 10.2 Å². The molecule has 0 spiro atoms. The molecule has 3 N–H and O–H groups in total. The number of nitro benzene ring substituents is 1. The normalized spacial score (nSPS) is 13.4. The van der Waals surface area contributed by atoms with Crippen molar-refractivity contribution in [2.45, 2.75) is 25.6 Å². The monoisotopic (exact) mass is 413 g/mol. The molecule has 0 radical (unpaired) electrons. The molecule has 0 aliphatic rings. The Hall–Kier alpha value is -3.34. The predicted molar refractivity (Wildman–Crippen MR) is 97.2 cm³/mol. The topological polar surface area (TPSA) is 114 Å². The number of alkyl halides is 3. The Morgan fingerprint density at radius 3 is 2.07 bits per heavy atom. The second-order valence-electron chi connectivity index (χ2n) is 6.25. The molecule has 0 saturated carbocycles. The SMILES string of the molecule is COC(=O)[C@@](NNc1ccc([N+](=O)[O-])cc1)(c1cc(C)c(O)c(C)c1)C(F)(F)F. The second kappa shape index (κ2) is 7.95. The maximum Gasteiger partial charge on any atom is 0.423 e. The smallest absolute Gasteiger partial charge is 0.423 e. The molecule has 2 aromatic rings. The summed E-state index contributed by atoms with van der Waals surface area (Å²) in [5, 5.41) is 20.6. The van der Waals surface area contributed by atoms with E-state index in [1.807, 2.05) is 5.43 Å². The van der Waals surface area contributed by atoms with Gasteiger partial charge in [-0.15, -0.1) is 0 Å². The third-order valence-electron chi connectivity index (χ3n) is 4.31. The summed E-state index contributed by atoms with van der Waals surface area (Å²) >= 11 is 0. The fraction of sp³-hybridized carbons (Fsp3) is 0.278. The molecule has 11 heteroatoms. The molecule has 0 bridgehead atoms. The van der Waals surface area contributed by atoms with E-state index >= 15 is 0 Å². The summed E-state index contributed by atoms with van der Waals surface area (Å²) in [5.74, 6) is -1.83. The first-order chi connectivity index (χ1) is 13.4. The van der Waals surface area contributed by atoms with Crippen molar-refractivity contribution in [3.8, 4) is 5.75 Å². The molecule has 8 nitrogen and oxygen atoms in total. The number of ether oxygens (including phenoxy) is 1. The van der Waals surface area contributed by atoms with Crippen molar-refractivity contribution in [1.82, 2.24) is 5.43 Å². The molecule has 1 atom stereocenters. The van der Waals surface area contributed by atoms with Gasteiger partial charge >= 0.3 is 12.1 Å². The number of benzene rings is 2. The summed E-state index contributed by atoms with van der Waals surface area (Å²) < 4.78 is 47.0. The third kappa shape index (κ3) is 4.09. The highest BCUT2D eigenvalue weighted by molar-refractivity contribution is 5.84. The van der Waals surface area contributed by atoms with Gasteiger partial charge in [0.2, 0.25) is 0 Å². The van der Waals surface area contributed by atoms with Crippen LogP contribution in [0.15, 0.2) is 36.4 Å². The van der Waals surface area contributed by atoms with Crippen LogP contribution in [0, 0.1) is 24.0 Å². The Kier molecular flexibility index (Phi) is 6.02. The molecule has 0 heterocycles. The van der Waals surface area contributed by atoms with Crippen LogP contribution >= 0.6 is 0 Å². The summed E-state index contributed by atoms with van der Waals surface area (Å²) in [6.45, 7) is 2.79. The largest absolute Gasteiger partial charge is 0.507 e. The van der Waals surface area contributed by atoms with E-state index in [4.69, 9.17) is 0 Å². The van der Waals surface area contributed by atoms with Gasteiger partial charge in [0.1, 0.15) is 5.75 Å². The molecule has 0 unspecified atom stereocenters. The molecular weight excluding hydrogens is 395 g/mol. The number of phenols is 1. The Bertz CT molecular complexity index is 908. The number of nitrogens with zero attached hydrogens (tertiary/aromatic N) is 1. The van der Waals surface area contributed by atoms with Crippen molar-refractivity contribution in [2.75, 3.05) is 12.5 Å². The molecule has 0 saturated heterocycles. The van der Waals surface area contributed by atoms with E-state index in [-0.39, 0.29) is 28.3 Å². The average molecular weight is 413 g/mol. The number of aromatic hydroxyl groups is 1. The first kappa shape index (κ1) is 22.0. The van der Waals surface area contributed by atoms with Gasteiger partial charge in [0.25, 0.3) is 11.2 Å². The molecular formula is C18H18F3N3O5. The minimum Gasteiger partial charge on any atom is -0.507 e. The van der Waals surface area contributed by atoms with Crippen LogP contribution in [-0.4, -0.2) is 29.3 Å². The number of hydrogen-bond acceptors (Lipinski definition) is 7. The predicted octanol–water partition coefficient (Wildman–Crippen LogP) is 3.46. The molecule has 0 aliphatic heterocycles. The fourth-order valence-corrected chi connectivity index (χ4v) is 2.75. The Balaban J connectivity index is 2.55. The number of nitrogens with one attached hydrogen (secondary N) is 2. The lowest BCUT2D eigenvalue weighted by Crippen LogP contribution is -2.61. The van der Waals surface area contributed by atoms with Crippen molar-refractivity contribution in [3.05, 3.63) is 63.2 Å². The number of rotatable bonds is 6. The van der Waals surface area contributed by atoms with Gasteiger partial charge in [0.15, 0.2) is 0 Å². The van der Waals surface area contributed by atoms with Gasteiger partial charge < -0.3 is 15.3 Å². The molecule has 29 heavy (non-hydrogen) atoms. The number of phenolic OH excluding ortho intramolecular Hbond substituents is 1. The Morgan fingerprint density at radius 1 is 1.14 bits per heavy atom. The molecule has 2 aromatic carbocycles. The molecule has 156 valence electrons. The molecule has 2 rings (SSSR count). The van der Waals surface area contributed by atoms with Crippen molar-refractivity contribution >= 4 is 17.3 Å². The number of nitro groups is 1. The highest BCUT2D eigenvalue weighted by Gasteiger charge is 2.63. The first-order valence-corrected chi connectivity index (χ1v) is 8.17. The van der Waals surface area contributed by atoms with Gasteiger partial charge in [-0.1, -0.05) is 0 Å². The molecule has 0 aliphatic carbocycles. The van der Waals surface area contributed by atoms with E-state index in [1.165, 1.54) is 26.0 Å². The van der Waals surface area contributed by atoms with E-state index in [0.29, 0.717) is 0 Å². The van der Waals surface area contributed by atoms with Gasteiger partial charge in [0, 0.05) is 17.8 Å². The number of esters is 1. The zero-order chi connectivity index (χ0) is 22.0. The van der Waals surface area contributed by atoms with Crippen LogP contribution < -0.4 is 10.9 Å². The maximum absolute atomic E-state index is 14.2. The van der Waals surface area contributed by atoms with Gasteiger partial charge in [-0.25, -0.2) is 10.2 Å². The zero-order valence-corrected chi connectivity index (χ0v) is 15.6. The quantitative estimate of drug-likeness (QED) is 0.378. The van der Waals surface area contributed by atoms with Crippen molar-refractivity contribution in [2.24, 2.45) is 0 Å². The standard InChI is InChI=1S/C18H18F3N3O5/c1-10-8-12(9-11(2)15(10)25)17(16(26)29-3,18(19,20)21)23-22-13-4-6-14(7-5-13)24(27)28/h4-9,22-23,25H,1-3H3/t17-/m0/s1. The number of carbonyl (C=O) groups excluding carboxylic acids is 1. The van der Waals surface area contributed by atoms with Gasteiger partial charge in [0.05, 0.1) is 12.0 Å². The Labute approximate surface area is 163 Å².